The molecule has 0 radical (unpaired) electrons. The van der Waals surface area contributed by atoms with Gasteiger partial charge < -0.3 is 19.0 Å². The summed E-state index contributed by atoms with van der Waals surface area (Å²) in [5.41, 5.74) is 1.02. The van der Waals surface area contributed by atoms with Crippen molar-refractivity contribution in [2.75, 3.05) is 56.7 Å². The second-order valence-corrected chi connectivity index (χ2v) is 7.62. The molecular weight excluding hydrogens is 328 g/mol. The number of nitrogens with zero attached hydrogens (tertiary/aromatic N) is 4. The van der Waals surface area contributed by atoms with Crippen molar-refractivity contribution in [3.05, 3.63) is 42.5 Å². The van der Waals surface area contributed by atoms with E-state index in [1.807, 2.05) is 32.4 Å². The van der Waals surface area contributed by atoms with Crippen LogP contribution in [0.2, 0.25) is 0 Å². The van der Waals surface area contributed by atoms with Crippen LogP contribution < -0.4 is 9.80 Å². The van der Waals surface area contributed by atoms with Gasteiger partial charge in [0.25, 0.3) is 0 Å². The fraction of sp³-hybridized carbons (Fsp3) is 0.550. The third kappa shape index (κ3) is 3.71. The van der Waals surface area contributed by atoms with E-state index in [2.05, 4.69) is 31.8 Å². The van der Waals surface area contributed by atoms with E-state index in [-0.39, 0.29) is 5.60 Å². The molecule has 6 heteroatoms. The summed E-state index contributed by atoms with van der Waals surface area (Å²) in [7, 11) is 4.08. The van der Waals surface area contributed by atoms with E-state index in [0.717, 1.165) is 69.4 Å². The number of aromatic nitrogens is 1. The highest BCUT2D eigenvalue weighted by Crippen LogP contribution is 2.32. The average Bonchev–Trinajstić information content (AvgIpc) is 3.15. The van der Waals surface area contributed by atoms with Crippen molar-refractivity contribution in [3.63, 3.8) is 0 Å². The number of rotatable bonds is 4. The molecule has 0 aliphatic carbocycles. The molecule has 0 saturated carbocycles. The summed E-state index contributed by atoms with van der Waals surface area (Å²) in [5.74, 6) is 2.07. The molecule has 140 valence electrons. The lowest BCUT2D eigenvalue weighted by atomic mass is 9.90. The Bertz CT molecular complexity index is 697. The fourth-order valence-corrected chi connectivity index (χ4v) is 4.05. The first-order chi connectivity index (χ1) is 12.6. The van der Waals surface area contributed by atoms with Gasteiger partial charge >= 0.3 is 0 Å². The van der Waals surface area contributed by atoms with Gasteiger partial charge in [-0.15, -0.1) is 0 Å². The largest absolute Gasteiger partial charge is 0.468 e. The summed E-state index contributed by atoms with van der Waals surface area (Å²) >= 11 is 0. The topological polar surface area (TPSA) is 45.0 Å². The predicted octanol–water partition coefficient (Wildman–Crippen LogP) is 2.61. The van der Waals surface area contributed by atoms with Gasteiger partial charge in [-0.1, -0.05) is 0 Å². The molecule has 2 fully saturated rings. The summed E-state index contributed by atoms with van der Waals surface area (Å²) < 4.78 is 11.8. The zero-order valence-corrected chi connectivity index (χ0v) is 15.7. The zero-order chi connectivity index (χ0) is 18.0. The molecule has 1 spiro atoms. The van der Waals surface area contributed by atoms with E-state index in [1.165, 1.54) is 0 Å². The van der Waals surface area contributed by atoms with Crippen LogP contribution in [0, 0.1) is 0 Å². The molecule has 1 atom stereocenters. The molecule has 0 amide bonds. The summed E-state index contributed by atoms with van der Waals surface area (Å²) in [6.45, 7) is 5.47. The van der Waals surface area contributed by atoms with Gasteiger partial charge in [0.15, 0.2) is 0 Å². The summed E-state index contributed by atoms with van der Waals surface area (Å²) in [4.78, 5) is 11.6. The highest BCUT2D eigenvalue weighted by atomic mass is 16.5. The maximum Gasteiger partial charge on any atom is 0.128 e. The zero-order valence-electron chi connectivity index (χ0n) is 15.7. The van der Waals surface area contributed by atoms with E-state index in [4.69, 9.17) is 9.15 Å². The lowest BCUT2D eigenvalue weighted by Crippen LogP contribution is -2.59. The average molecular weight is 356 g/mol. The van der Waals surface area contributed by atoms with E-state index in [0.29, 0.717) is 0 Å². The quantitative estimate of drug-likeness (QED) is 0.839. The van der Waals surface area contributed by atoms with E-state index >= 15 is 0 Å². The summed E-state index contributed by atoms with van der Waals surface area (Å²) in [6.07, 6.45) is 5.93. The van der Waals surface area contributed by atoms with Crippen molar-refractivity contribution in [3.8, 4) is 0 Å². The second-order valence-electron chi connectivity index (χ2n) is 7.62. The molecule has 4 heterocycles. The molecular formula is C20H28N4O2. The Morgan fingerprint density at radius 1 is 1.19 bits per heavy atom. The molecule has 4 rings (SSSR count). The highest BCUT2D eigenvalue weighted by Gasteiger charge is 2.41. The second kappa shape index (κ2) is 7.29. The van der Waals surface area contributed by atoms with Gasteiger partial charge in [-0.05, 0) is 37.1 Å². The fourth-order valence-electron chi connectivity index (χ4n) is 4.05. The third-order valence-corrected chi connectivity index (χ3v) is 5.40. The van der Waals surface area contributed by atoms with Crippen LogP contribution in [0.1, 0.15) is 18.6 Å². The number of ether oxygens (including phenoxy) is 1. The molecule has 2 aromatic heterocycles. The molecule has 2 aromatic rings. The van der Waals surface area contributed by atoms with Gasteiger partial charge in [0.05, 0.1) is 36.9 Å². The normalized spacial score (nSPS) is 24.2. The SMILES string of the molecule is CN(C)c1ccc(N2CCC[C@]3(CN(Cc4ccco4)CCO3)C2)nc1. The van der Waals surface area contributed by atoms with Crippen LogP contribution in [-0.4, -0.2) is 62.4 Å². The molecule has 2 aliphatic rings. The van der Waals surface area contributed by atoms with Gasteiger partial charge in [0, 0.05) is 40.3 Å². The molecule has 0 bridgehead atoms. The van der Waals surface area contributed by atoms with Crippen LogP contribution in [-0.2, 0) is 11.3 Å². The van der Waals surface area contributed by atoms with E-state index < -0.39 is 0 Å². The lowest BCUT2D eigenvalue weighted by molar-refractivity contribution is -0.117. The van der Waals surface area contributed by atoms with Gasteiger partial charge in [-0.3, -0.25) is 4.90 Å². The Morgan fingerprint density at radius 3 is 2.85 bits per heavy atom. The lowest BCUT2D eigenvalue weighted by Gasteiger charge is -2.48. The minimum Gasteiger partial charge on any atom is -0.468 e. The maximum atomic E-state index is 6.32. The van der Waals surface area contributed by atoms with Crippen LogP contribution in [0.5, 0.6) is 0 Å². The Hall–Kier alpha value is -2.05. The Morgan fingerprint density at radius 2 is 2.12 bits per heavy atom. The van der Waals surface area contributed by atoms with Gasteiger partial charge in [-0.25, -0.2) is 4.98 Å². The van der Waals surface area contributed by atoms with Crippen LogP contribution in [0.3, 0.4) is 0 Å². The number of piperidine rings is 1. The van der Waals surface area contributed by atoms with Crippen LogP contribution in [0.15, 0.2) is 41.1 Å². The van der Waals surface area contributed by atoms with Crippen molar-refractivity contribution in [2.24, 2.45) is 0 Å². The van der Waals surface area contributed by atoms with Crippen molar-refractivity contribution in [1.82, 2.24) is 9.88 Å². The van der Waals surface area contributed by atoms with Crippen molar-refractivity contribution in [2.45, 2.75) is 25.0 Å². The monoisotopic (exact) mass is 356 g/mol. The van der Waals surface area contributed by atoms with Gasteiger partial charge in [0.1, 0.15) is 11.6 Å². The molecule has 0 unspecified atom stereocenters. The number of pyridine rings is 1. The number of hydrogen-bond acceptors (Lipinski definition) is 6. The first-order valence-corrected chi connectivity index (χ1v) is 9.41. The smallest absolute Gasteiger partial charge is 0.128 e. The first-order valence-electron chi connectivity index (χ1n) is 9.41. The standard InChI is InChI=1S/C20H28N4O2/c1-22(2)17-6-7-19(21-13-17)24-9-4-8-20(16-24)15-23(10-12-26-20)14-18-5-3-11-25-18/h3,5-7,11,13H,4,8-10,12,14-16H2,1-2H3/t20-/m0/s1. The molecule has 0 N–H and O–H groups in total. The van der Waals surface area contributed by atoms with Crippen LogP contribution in [0.25, 0.3) is 0 Å². The Kier molecular flexibility index (Phi) is 4.87. The molecule has 2 saturated heterocycles. The third-order valence-electron chi connectivity index (χ3n) is 5.40. The van der Waals surface area contributed by atoms with Crippen molar-refractivity contribution < 1.29 is 9.15 Å². The first kappa shape index (κ1) is 17.4. The highest BCUT2D eigenvalue weighted by molar-refractivity contribution is 5.50. The number of hydrogen-bond donors (Lipinski definition) is 0. The summed E-state index contributed by atoms with van der Waals surface area (Å²) in [6, 6.07) is 8.26. The minimum absolute atomic E-state index is 0.106. The van der Waals surface area contributed by atoms with Crippen LogP contribution >= 0.6 is 0 Å². The minimum atomic E-state index is -0.106. The van der Waals surface area contributed by atoms with E-state index in [1.54, 1.807) is 6.26 Å². The van der Waals surface area contributed by atoms with Gasteiger partial charge in [0.2, 0.25) is 0 Å². The molecule has 0 aromatic carbocycles. The molecule has 26 heavy (non-hydrogen) atoms. The number of anilines is 2. The van der Waals surface area contributed by atoms with Gasteiger partial charge in [-0.2, -0.15) is 0 Å². The molecule has 2 aliphatic heterocycles. The van der Waals surface area contributed by atoms with E-state index in [9.17, 15) is 0 Å². The van der Waals surface area contributed by atoms with Crippen molar-refractivity contribution >= 4 is 11.5 Å². The Balaban J connectivity index is 1.44. The number of furan rings is 1. The maximum absolute atomic E-state index is 6.32. The Labute approximate surface area is 155 Å². The van der Waals surface area contributed by atoms with Crippen molar-refractivity contribution in [1.29, 1.82) is 0 Å². The molecule has 6 nitrogen and oxygen atoms in total. The summed E-state index contributed by atoms with van der Waals surface area (Å²) in [5, 5.41) is 0. The number of morpholine rings is 1. The predicted molar refractivity (Wildman–Crippen MR) is 103 cm³/mol. The van der Waals surface area contributed by atoms with Crippen LogP contribution in [0.4, 0.5) is 11.5 Å².